The fourth-order valence-electron chi connectivity index (χ4n) is 2.74. The monoisotopic (exact) mass is 330 g/mol. The Balaban J connectivity index is 2.36. The minimum atomic E-state index is -1.14. The summed E-state index contributed by atoms with van der Waals surface area (Å²) >= 11 is 0. The summed E-state index contributed by atoms with van der Waals surface area (Å²) in [7, 11) is 0. The predicted molar refractivity (Wildman–Crippen MR) is 93.9 cm³/mol. The van der Waals surface area contributed by atoms with Crippen LogP contribution in [-0.4, -0.2) is 15.6 Å². The molecule has 0 fully saturated rings. The summed E-state index contributed by atoms with van der Waals surface area (Å²) in [6.45, 7) is -0.507. The van der Waals surface area contributed by atoms with Crippen molar-refractivity contribution >= 4 is 5.97 Å². The Labute approximate surface area is 144 Å². The normalized spacial score (nSPS) is 10.2. The molecule has 1 aromatic heterocycles. The minimum absolute atomic E-state index is 0.0628. The highest BCUT2D eigenvalue weighted by Gasteiger charge is 2.18. The average molecular weight is 330 g/mol. The number of carboxylic acid groups (broad SMARTS) is 1. The number of nitriles is 1. The van der Waals surface area contributed by atoms with Gasteiger partial charge in [-0.25, -0.2) is 0 Å². The van der Waals surface area contributed by atoms with Crippen molar-refractivity contribution in [1.82, 2.24) is 4.57 Å². The Hall–Kier alpha value is -3.65. The molecule has 1 N–H and O–H groups in total. The van der Waals surface area contributed by atoms with Crippen LogP contribution in [0, 0.1) is 11.3 Å². The van der Waals surface area contributed by atoms with E-state index in [1.54, 1.807) is 18.2 Å². The SMILES string of the molecule is N#Cc1c(-c2ccccc2)cc(-c2ccccc2)n(CC(=O)O)c1=O. The molecule has 0 aliphatic rings. The van der Waals surface area contributed by atoms with Gasteiger partial charge in [-0.15, -0.1) is 0 Å². The zero-order chi connectivity index (χ0) is 17.8. The molecule has 1 heterocycles. The van der Waals surface area contributed by atoms with E-state index in [4.69, 9.17) is 0 Å². The number of carboxylic acids is 1. The number of carbonyl (C=O) groups is 1. The lowest BCUT2D eigenvalue weighted by Gasteiger charge is -2.15. The minimum Gasteiger partial charge on any atom is -0.480 e. The third kappa shape index (κ3) is 3.19. The molecule has 5 heteroatoms. The molecule has 0 spiro atoms. The molecule has 0 bridgehead atoms. The number of hydrogen-bond donors (Lipinski definition) is 1. The standard InChI is InChI=1S/C20H14N2O3/c21-12-17-16(14-7-3-1-4-8-14)11-18(15-9-5-2-6-10-15)22(20(17)25)13-19(23)24/h1-11H,13H2,(H,23,24). The van der Waals surface area contributed by atoms with Crippen molar-refractivity contribution in [3.8, 4) is 28.5 Å². The van der Waals surface area contributed by atoms with Gasteiger partial charge in [0.1, 0.15) is 18.2 Å². The molecule has 0 aliphatic carbocycles. The lowest BCUT2D eigenvalue weighted by atomic mass is 9.98. The van der Waals surface area contributed by atoms with E-state index in [0.29, 0.717) is 16.8 Å². The lowest BCUT2D eigenvalue weighted by molar-refractivity contribution is -0.137. The van der Waals surface area contributed by atoms with Crippen molar-refractivity contribution in [2.75, 3.05) is 0 Å². The summed E-state index contributed by atoms with van der Waals surface area (Å²) in [5.74, 6) is -1.14. The largest absolute Gasteiger partial charge is 0.480 e. The van der Waals surface area contributed by atoms with Crippen LogP contribution in [0.15, 0.2) is 71.5 Å². The Morgan fingerprint density at radius 3 is 2.08 bits per heavy atom. The van der Waals surface area contributed by atoms with Gasteiger partial charge in [0.25, 0.3) is 5.56 Å². The van der Waals surface area contributed by atoms with Crippen LogP contribution in [0.1, 0.15) is 5.56 Å². The first-order chi connectivity index (χ1) is 12.1. The first kappa shape index (κ1) is 16.2. The topological polar surface area (TPSA) is 83.1 Å². The number of nitrogens with zero attached hydrogens (tertiary/aromatic N) is 2. The van der Waals surface area contributed by atoms with Crippen LogP contribution in [-0.2, 0) is 11.3 Å². The van der Waals surface area contributed by atoms with Crippen LogP contribution in [0.25, 0.3) is 22.4 Å². The summed E-state index contributed by atoms with van der Waals surface area (Å²) in [5, 5.41) is 18.6. The molecule has 5 nitrogen and oxygen atoms in total. The van der Waals surface area contributed by atoms with Crippen molar-refractivity contribution in [3.63, 3.8) is 0 Å². The van der Waals surface area contributed by atoms with Gasteiger partial charge in [0.05, 0.1) is 5.69 Å². The molecule has 0 atom stereocenters. The third-order valence-electron chi connectivity index (χ3n) is 3.86. The van der Waals surface area contributed by atoms with E-state index in [2.05, 4.69) is 0 Å². The second-order valence-electron chi connectivity index (χ2n) is 5.45. The maximum absolute atomic E-state index is 12.8. The fraction of sp³-hybridized carbons (Fsp3) is 0.0500. The molecule has 0 unspecified atom stereocenters. The molecule has 3 rings (SSSR count). The Kier molecular flexibility index (Phi) is 4.44. The van der Waals surface area contributed by atoms with Crippen molar-refractivity contribution < 1.29 is 9.90 Å². The number of benzene rings is 2. The highest BCUT2D eigenvalue weighted by molar-refractivity contribution is 5.77. The lowest BCUT2D eigenvalue weighted by Crippen LogP contribution is -2.28. The van der Waals surface area contributed by atoms with Crippen molar-refractivity contribution in [2.45, 2.75) is 6.54 Å². The summed E-state index contributed by atoms with van der Waals surface area (Å²) in [4.78, 5) is 24.0. The molecule has 0 amide bonds. The van der Waals surface area contributed by atoms with Crippen LogP contribution in [0.4, 0.5) is 0 Å². The van der Waals surface area contributed by atoms with Gasteiger partial charge in [0.15, 0.2) is 0 Å². The van der Waals surface area contributed by atoms with E-state index < -0.39 is 18.1 Å². The van der Waals surface area contributed by atoms with Crippen molar-refractivity contribution in [3.05, 3.63) is 82.6 Å². The number of aromatic nitrogens is 1. The van der Waals surface area contributed by atoms with E-state index in [1.165, 1.54) is 0 Å². The maximum atomic E-state index is 12.8. The number of aliphatic carboxylic acids is 1. The average Bonchev–Trinajstić information content (AvgIpc) is 2.64. The van der Waals surface area contributed by atoms with Crippen LogP contribution in [0.2, 0.25) is 0 Å². The van der Waals surface area contributed by atoms with Gasteiger partial charge in [-0.2, -0.15) is 5.26 Å². The molecule has 0 saturated carbocycles. The molecular weight excluding hydrogens is 316 g/mol. The predicted octanol–water partition coefficient (Wildman–Crippen LogP) is 3.14. The zero-order valence-corrected chi connectivity index (χ0v) is 13.2. The third-order valence-corrected chi connectivity index (χ3v) is 3.86. The zero-order valence-electron chi connectivity index (χ0n) is 13.2. The van der Waals surface area contributed by atoms with Crippen LogP contribution < -0.4 is 5.56 Å². The number of rotatable bonds is 4. The highest BCUT2D eigenvalue weighted by Crippen LogP contribution is 2.27. The molecule has 2 aromatic carbocycles. The first-order valence-corrected chi connectivity index (χ1v) is 7.62. The molecule has 25 heavy (non-hydrogen) atoms. The smallest absolute Gasteiger partial charge is 0.323 e. The van der Waals surface area contributed by atoms with Gasteiger partial charge in [0.2, 0.25) is 0 Å². The van der Waals surface area contributed by atoms with Gasteiger partial charge in [-0.1, -0.05) is 60.7 Å². The van der Waals surface area contributed by atoms with Gasteiger partial charge in [-0.05, 0) is 17.2 Å². The molecule has 0 saturated heterocycles. The summed E-state index contributed by atoms with van der Waals surface area (Å²) < 4.78 is 1.13. The molecule has 0 aliphatic heterocycles. The van der Waals surface area contributed by atoms with E-state index in [1.807, 2.05) is 54.6 Å². The van der Waals surface area contributed by atoms with Crippen LogP contribution in [0.5, 0.6) is 0 Å². The molecule has 0 radical (unpaired) electrons. The highest BCUT2D eigenvalue weighted by atomic mass is 16.4. The molecule has 3 aromatic rings. The summed E-state index contributed by atoms with van der Waals surface area (Å²) in [5.41, 5.74) is 1.73. The molecule has 122 valence electrons. The first-order valence-electron chi connectivity index (χ1n) is 7.62. The van der Waals surface area contributed by atoms with E-state index >= 15 is 0 Å². The number of hydrogen-bond acceptors (Lipinski definition) is 3. The Morgan fingerprint density at radius 2 is 1.56 bits per heavy atom. The summed E-state index contributed by atoms with van der Waals surface area (Å²) in [6, 6.07) is 21.8. The van der Waals surface area contributed by atoms with Crippen LogP contribution in [0.3, 0.4) is 0 Å². The van der Waals surface area contributed by atoms with Gasteiger partial charge >= 0.3 is 5.97 Å². The van der Waals surface area contributed by atoms with Gasteiger partial charge < -0.3 is 5.11 Å². The number of pyridine rings is 1. The second-order valence-corrected chi connectivity index (χ2v) is 5.45. The van der Waals surface area contributed by atoms with Crippen molar-refractivity contribution in [2.24, 2.45) is 0 Å². The van der Waals surface area contributed by atoms with E-state index in [-0.39, 0.29) is 5.56 Å². The van der Waals surface area contributed by atoms with Gasteiger partial charge in [0, 0.05) is 5.56 Å². The Bertz CT molecular complexity index is 1020. The van der Waals surface area contributed by atoms with Crippen LogP contribution >= 0.6 is 0 Å². The Morgan fingerprint density at radius 1 is 1.00 bits per heavy atom. The fourth-order valence-corrected chi connectivity index (χ4v) is 2.74. The van der Waals surface area contributed by atoms with Gasteiger partial charge in [-0.3, -0.25) is 14.2 Å². The summed E-state index contributed by atoms with van der Waals surface area (Å²) in [6.07, 6.45) is 0. The van der Waals surface area contributed by atoms with E-state index in [9.17, 15) is 20.0 Å². The van der Waals surface area contributed by atoms with Crippen molar-refractivity contribution in [1.29, 1.82) is 5.26 Å². The maximum Gasteiger partial charge on any atom is 0.323 e. The second kappa shape index (κ2) is 6.85. The quantitative estimate of drug-likeness (QED) is 0.796. The van der Waals surface area contributed by atoms with E-state index in [0.717, 1.165) is 10.1 Å². The molecular formula is C20H14N2O3.